The van der Waals surface area contributed by atoms with E-state index in [0.29, 0.717) is 30.1 Å². The highest BCUT2D eigenvalue weighted by Crippen LogP contribution is 2.28. The number of aromatic nitrogens is 3. The lowest BCUT2D eigenvalue weighted by atomic mass is 9.86. The number of hydrogen-bond donors (Lipinski definition) is 1. The van der Waals surface area contributed by atoms with Crippen molar-refractivity contribution < 1.29 is 14.7 Å². The summed E-state index contributed by atoms with van der Waals surface area (Å²) in [4.78, 5) is 29.2. The highest BCUT2D eigenvalue weighted by Gasteiger charge is 2.23. The molecule has 0 aliphatic heterocycles. The van der Waals surface area contributed by atoms with Crippen molar-refractivity contribution in [3.63, 3.8) is 0 Å². The van der Waals surface area contributed by atoms with E-state index >= 15 is 0 Å². The van der Waals surface area contributed by atoms with Gasteiger partial charge in [0.1, 0.15) is 5.82 Å². The Kier molecular flexibility index (Phi) is 7.56. The molecule has 6 heteroatoms. The Balaban J connectivity index is 1.54. The van der Waals surface area contributed by atoms with Gasteiger partial charge in [0.05, 0.1) is 11.6 Å². The van der Waals surface area contributed by atoms with Crippen LogP contribution in [-0.4, -0.2) is 31.6 Å². The van der Waals surface area contributed by atoms with E-state index in [1.54, 1.807) is 12.1 Å². The molecular formula is C28H33N3O3. The quantitative estimate of drug-likeness (QED) is 0.376. The smallest absolute Gasteiger partial charge is 0.336 e. The molecule has 1 aliphatic rings. The van der Waals surface area contributed by atoms with E-state index in [0.717, 1.165) is 36.2 Å². The van der Waals surface area contributed by atoms with Crippen molar-refractivity contribution >= 4 is 11.8 Å². The molecule has 2 aromatic carbocycles. The lowest BCUT2D eigenvalue weighted by Gasteiger charge is -2.19. The average molecular weight is 460 g/mol. The third kappa shape index (κ3) is 5.44. The van der Waals surface area contributed by atoms with Crippen molar-refractivity contribution in [2.75, 3.05) is 0 Å². The van der Waals surface area contributed by atoms with Gasteiger partial charge in [-0.3, -0.25) is 4.79 Å². The van der Waals surface area contributed by atoms with Gasteiger partial charge in [-0.25, -0.2) is 14.5 Å². The Morgan fingerprint density at radius 3 is 2.44 bits per heavy atom. The predicted octanol–water partition coefficient (Wildman–Crippen LogP) is 6.36. The number of Topliss-reactive ketones (excluding diaryl/α,β-unsaturated/α-hetero) is 1. The molecule has 1 unspecified atom stereocenters. The Morgan fingerprint density at radius 2 is 1.76 bits per heavy atom. The maximum Gasteiger partial charge on any atom is 0.336 e. The van der Waals surface area contributed by atoms with Gasteiger partial charge in [-0.1, -0.05) is 81.5 Å². The molecule has 1 aliphatic carbocycles. The first kappa shape index (κ1) is 23.9. The number of rotatable bonds is 9. The zero-order valence-corrected chi connectivity index (χ0v) is 20.0. The first-order valence-corrected chi connectivity index (χ1v) is 12.4. The van der Waals surface area contributed by atoms with E-state index in [4.69, 9.17) is 0 Å². The van der Waals surface area contributed by atoms with Crippen LogP contribution < -0.4 is 0 Å². The second kappa shape index (κ2) is 10.8. The van der Waals surface area contributed by atoms with Gasteiger partial charge in [-0.15, -0.1) is 5.10 Å². The molecule has 0 saturated heterocycles. The van der Waals surface area contributed by atoms with E-state index in [-0.39, 0.29) is 17.4 Å². The number of hydrogen-bond acceptors (Lipinski definition) is 4. The SMILES string of the molecule is CCC(C)n1nc(C(=O)CC2CCCCC2)nc1Cc1ccc(-c2ccccc2C(=O)O)cc1. The normalized spacial score (nSPS) is 15.2. The topological polar surface area (TPSA) is 85.1 Å². The highest BCUT2D eigenvalue weighted by atomic mass is 16.4. The number of carbonyl (C=O) groups is 2. The van der Waals surface area contributed by atoms with Crippen molar-refractivity contribution in [2.45, 2.75) is 71.3 Å². The van der Waals surface area contributed by atoms with Crippen molar-refractivity contribution in [1.82, 2.24) is 14.8 Å². The molecule has 34 heavy (non-hydrogen) atoms. The summed E-state index contributed by atoms with van der Waals surface area (Å²) in [6.45, 7) is 4.20. The van der Waals surface area contributed by atoms with Crippen molar-refractivity contribution in [2.24, 2.45) is 5.92 Å². The van der Waals surface area contributed by atoms with Crippen LogP contribution in [0.1, 0.15) is 97.2 Å². The van der Waals surface area contributed by atoms with Gasteiger partial charge in [0.2, 0.25) is 11.6 Å². The summed E-state index contributed by atoms with van der Waals surface area (Å²) in [5.74, 6) is 0.706. The summed E-state index contributed by atoms with van der Waals surface area (Å²) in [6, 6.07) is 15.0. The second-order valence-corrected chi connectivity index (χ2v) is 9.41. The van der Waals surface area contributed by atoms with Gasteiger partial charge >= 0.3 is 5.97 Å². The standard InChI is InChI=1S/C28H33N3O3/c1-3-19(2)31-26(29-27(30-31)25(32)17-20-9-5-4-6-10-20)18-21-13-15-22(16-14-21)23-11-7-8-12-24(23)28(33)34/h7-8,11-16,19-20H,3-6,9-10,17-18H2,1-2H3,(H,33,34). The van der Waals surface area contributed by atoms with Crippen LogP contribution in [0.3, 0.4) is 0 Å². The van der Waals surface area contributed by atoms with Crippen LogP contribution in [-0.2, 0) is 6.42 Å². The van der Waals surface area contributed by atoms with Crippen LogP contribution >= 0.6 is 0 Å². The van der Waals surface area contributed by atoms with Gasteiger partial charge in [0.25, 0.3) is 0 Å². The number of aromatic carboxylic acids is 1. The largest absolute Gasteiger partial charge is 0.478 e. The molecule has 1 heterocycles. The maximum absolute atomic E-state index is 12.9. The van der Waals surface area contributed by atoms with E-state index in [9.17, 15) is 14.7 Å². The minimum atomic E-state index is -0.938. The fourth-order valence-corrected chi connectivity index (χ4v) is 4.77. The first-order valence-electron chi connectivity index (χ1n) is 12.4. The molecule has 1 N–H and O–H groups in total. The van der Waals surface area contributed by atoms with Gasteiger partial charge in [-0.2, -0.15) is 0 Å². The van der Waals surface area contributed by atoms with E-state index in [2.05, 4.69) is 23.9 Å². The molecule has 0 bridgehead atoms. The summed E-state index contributed by atoms with van der Waals surface area (Å²) >= 11 is 0. The summed E-state index contributed by atoms with van der Waals surface area (Å²) in [7, 11) is 0. The molecule has 6 nitrogen and oxygen atoms in total. The third-order valence-corrected chi connectivity index (χ3v) is 6.94. The van der Waals surface area contributed by atoms with Gasteiger partial charge in [0, 0.05) is 12.8 Å². The second-order valence-electron chi connectivity index (χ2n) is 9.41. The van der Waals surface area contributed by atoms with Crippen LogP contribution in [0, 0.1) is 5.92 Å². The Hall–Kier alpha value is -3.28. The summed E-state index contributed by atoms with van der Waals surface area (Å²) in [6.07, 6.45) is 7.96. The van der Waals surface area contributed by atoms with E-state index in [1.807, 2.05) is 41.1 Å². The van der Waals surface area contributed by atoms with Gasteiger partial charge in [-0.05, 0) is 42.0 Å². The molecule has 4 rings (SSSR count). The molecule has 178 valence electrons. The predicted molar refractivity (Wildman–Crippen MR) is 132 cm³/mol. The Labute approximate surface area is 201 Å². The van der Waals surface area contributed by atoms with E-state index in [1.165, 1.54) is 19.3 Å². The fourth-order valence-electron chi connectivity index (χ4n) is 4.77. The van der Waals surface area contributed by atoms with E-state index < -0.39 is 5.97 Å². The molecule has 0 spiro atoms. The minimum Gasteiger partial charge on any atom is -0.478 e. The van der Waals surface area contributed by atoms with Crippen molar-refractivity contribution in [1.29, 1.82) is 0 Å². The molecule has 1 fully saturated rings. The number of carboxylic acid groups (broad SMARTS) is 1. The maximum atomic E-state index is 12.9. The zero-order valence-electron chi connectivity index (χ0n) is 20.0. The van der Waals surface area contributed by atoms with Gasteiger partial charge in [0.15, 0.2) is 0 Å². The highest BCUT2D eigenvalue weighted by molar-refractivity contribution is 5.96. The van der Waals surface area contributed by atoms with Crippen molar-refractivity contribution in [3.8, 4) is 11.1 Å². The summed E-state index contributed by atoms with van der Waals surface area (Å²) in [5, 5.41) is 14.1. The summed E-state index contributed by atoms with van der Waals surface area (Å²) in [5.41, 5.74) is 2.88. The molecule has 0 radical (unpaired) electrons. The van der Waals surface area contributed by atoms with Crippen LogP contribution in [0.25, 0.3) is 11.1 Å². The van der Waals surface area contributed by atoms with Crippen LogP contribution in [0.15, 0.2) is 48.5 Å². The monoisotopic (exact) mass is 459 g/mol. The molecule has 0 amide bonds. The molecule has 1 atom stereocenters. The molecule has 1 saturated carbocycles. The van der Waals surface area contributed by atoms with Gasteiger partial charge < -0.3 is 5.11 Å². The van der Waals surface area contributed by atoms with Crippen molar-refractivity contribution in [3.05, 3.63) is 71.3 Å². The number of ketones is 1. The third-order valence-electron chi connectivity index (χ3n) is 6.94. The first-order chi connectivity index (χ1) is 16.5. The number of benzene rings is 2. The average Bonchev–Trinajstić information content (AvgIpc) is 3.28. The summed E-state index contributed by atoms with van der Waals surface area (Å²) < 4.78 is 1.90. The lowest BCUT2D eigenvalue weighted by Crippen LogP contribution is -2.14. The zero-order chi connectivity index (χ0) is 24.1. The Morgan fingerprint density at radius 1 is 1.06 bits per heavy atom. The fraction of sp³-hybridized carbons (Fsp3) is 0.429. The molecule has 1 aromatic heterocycles. The number of carbonyl (C=O) groups excluding carboxylic acids is 1. The van der Waals surface area contributed by atoms with Crippen LogP contribution in [0.5, 0.6) is 0 Å². The molecular weight excluding hydrogens is 426 g/mol. The minimum absolute atomic E-state index is 0.0517. The molecule has 3 aromatic rings. The van der Waals surface area contributed by atoms with Crippen LogP contribution in [0.4, 0.5) is 0 Å². The number of carboxylic acids is 1. The van der Waals surface area contributed by atoms with Crippen LogP contribution in [0.2, 0.25) is 0 Å². The lowest BCUT2D eigenvalue weighted by molar-refractivity contribution is 0.0697. The number of nitrogens with zero attached hydrogens (tertiary/aromatic N) is 3. The Bertz CT molecular complexity index is 1140.